The molecule has 4 heteroatoms. The summed E-state index contributed by atoms with van der Waals surface area (Å²) in [5.74, 6) is -2.75. The molecule has 0 radical (unpaired) electrons. The van der Waals surface area contributed by atoms with E-state index in [1.165, 1.54) is 13.2 Å². The smallest absolute Gasteiger partial charge is 0.200 e. The Kier molecular flexibility index (Phi) is 3.03. The molecule has 0 bridgehead atoms. The van der Waals surface area contributed by atoms with E-state index in [-0.39, 0.29) is 5.75 Å². The second-order valence-corrected chi connectivity index (χ2v) is 2.83. The van der Waals surface area contributed by atoms with Crippen LogP contribution in [0.25, 0.3) is 0 Å². The van der Waals surface area contributed by atoms with Crippen molar-refractivity contribution in [3.63, 3.8) is 0 Å². The van der Waals surface area contributed by atoms with Gasteiger partial charge in [0.2, 0.25) is 5.82 Å². The number of rotatable bonds is 2. The van der Waals surface area contributed by atoms with Gasteiger partial charge in [-0.25, -0.2) is 4.39 Å². The molecular formula is C10H9F2NO. The highest BCUT2D eigenvalue weighted by molar-refractivity contribution is 5.40. The molecule has 0 amide bonds. The van der Waals surface area contributed by atoms with Gasteiger partial charge in [-0.1, -0.05) is 6.07 Å². The van der Waals surface area contributed by atoms with Crippen molar-refractivity contribution in [2.24, 2.45) is 0 Å². The Morgan fingerprint density at radius 3 is 2.57 bits per heavy atom. The molecule has 0 spiro atoms. The fraction of sp³-hybridized carbons (Fsp3) is 0.300. The maximum Gasteiger partial charge on any atom is 0.200 e. The molecule has 0 heterocycles. The summed E-state index contributed by atoms with van der Waals surface area (Å²) < 4.78 is 30.6. The summed E-state index contributed by atoms with van der Waals surface area (Å²) in [5.41, 5.74) is 0.355. The Bertz CT molecular complexity index is 384. The second kappa shape index (κ2) is 4.05. The Morgan fingerprint density at radius 1 is 1.43 bits per heavy atom. The highest BCUT2D eigenvalue weighted by Crippen LogP contribution is 2.30. The first kappa shape index (κ1) is 10.5. The highest BCUT2D eigenvalue weighted by atomic mass is 19.2. The molecule has 0 N–H and O–H groups in total. The molecule has 0 aromatic heterocycles. The lowest BCUT2D eigenvalue weighted by Gasteiger charge is -2.10. The molecule has 0 aliphatic carbocycles. The van der Waals surface area contributed by atoms with Crippen molar-refractivity contribution < 1.29 is 13.5 Å². The lowest BCUT2D eigenvalue weighted by atomic mass is 10.0. The molecular weight excluding hydrogens is 188 g/mol. The van der Waals surface area contributed by atoms with Gasteiger partial charge in [-0.15, -0.1) is 0 Å². The minimum atomic E-state index is -1.05. The number of halogens is 2. The van der Waals surface area contributed by atoms with Gasteiger partial charge < -0.3 is 4.74 Å². The van der Waals surface area contributed by atoms with Gasteiger partial charge in [0, 0.05) is 5.56 Å². The Balaban J connectivity index is 3.32. The van der Waals surface area contributed by atoms with Crippen LogP contribution in [0.1, 0.15) is 18.4 Å². The third-order valence-corrected chi connectivity index (χ3v) is 1.94. The molecule has 1 unspecified atom stereocenters. The quantitative estimate of drug-likeness (QED) is 0.730. The average Bonchev–Trinajstić information content (AvgIpc) is 2.20. The summed E-state index contributed by atoms with van der Waals surface area (Å²) in [5, 5.41) is 8.65. The van der Waals surface area contributed by atoms with E-state index < -0.39 is 17.6 Å². The van der Waals surface area contributed by atoms with Gasteiger partial charge in [-0.2, -0.15) is 9.65 Å². The summed E-state index contributed by atoms with van der Waals surface area (Å²) in [4.78, 5) is 0. The zero-order chi connectivity index (χ0) is 10.7. The number of nitrogens with zero attached hydrogens (tertiary/aromatic N) is 1. The maximum absolute atomic E-state index is 13.1. The zero-order valence-corrected chi connectivity index (χ0v) is 7.84. The highest BCUT2D eigenvalue weighted by Gasteiger charge is 2.17. The standard InChI is InChI=1S/C10H9F2NO/c1-6(5-13)7-3-4-8(11)9(12)10(7)14-2/h3-4,6H,1-2H3. The Morgan fingerprint density at radius 2 is 2.07 bits per heavy atom. The van der Waals surface area contributed by atoms with Crippen LogP contribution in [0.3, 0.4) is 0 Å². The van der Waals surface area contributed by atoms with Crippen molar-refractivity contribution in [1.29, 1.82) is 5.26 Å². The van der Waals surface area contributed by atoms with Gasteiger partial charge in [0.05, 0.1) is 19.1 Å². The molecule has 0 fully saturated rings. The van der Waals surface area contributed by atoms with Crippen molar-refractivity contribution in [3.8, 4) is 11.8 Å². The summed E-state index contributed by atoms with van der Waals surface area (Å²) in [6.45, 7) is 1.59. The molecule has 0 aliphatic rings. The van der Waals surface area contributed by atoms with Gasteiger partial charge in [-0.05, 0) is 13.0 Å². The van der Waals surface area contributed by atoms with Gasteiger partial charge in [-0.3, -0.25) is 0 Å². The van der Waals surface area contributed by atoms with Crippen molar-refractivity contribution >= 4 is 0 Å². The number of ether oxygens (including phenoxy) is 1. The fourth-order valence-corrected chi connectivity index (χ4v) is 1.16. The second-order valence-electron chi connectivity index (χ2n) is 2.83. The van der Waals surface area contributed by atoms with E-state index in [1.54, 1.807) is 6.92 Å². The maximum atomic E-state index is 13.1. The lowest BCUT2D eigenvalue weighted by molar-refractivity contribution is 0.366. The van der Waals surface area contributed by atoms with Crippen molar-refractivity contribution in [2.75, 3.05) is 7.11 Å². The number of nitriles is 1. The monoisotopic (exact) mass is 197 g/mol. The first-order chi connectivity index (χ1) is 6.61. The summed E-state index contributed by atoms with van der Waals surface area (Å²) in [7, 11) is 1.24. The fourth-order valence-electron chi connectivity index (χ4n) is 1.16. The Labute approximate surface area is 80.7 Å². The molecule has 1 rings (SSSR count). The van der Waals surface area contributed by atoms with Crippen LogP contribution < -0.4 is 4.74 Å². The van der Waals surface area contributed by atoms with Crippen LogP contribution >= 0.6 is 0 Å². The normalized spacial score (nSPS) is 11.9. The number of hydrogen-bond acceptors (Lipinski definition) is 2. The first-order valence-corrected chi connectivity index (χ1v) is 4.03. The van der Waals surface area contributed by atoms with Gasteiger partial charge in [0.25, 0.3) is 0 Å². The largest absolute Gasteiger partial charge is 0.493 e. The molecule has 1 aromatic carbocycles. The number of methoxy groups -OCH3 is 1. The average molecular weight is 197 g/mol. The van der Waals surface area contributed by atoms with Crippen LogP contribution in [0.5, 0.6) is 5.75 Å². The third kappa shape index (κ3) is 1.67. The molecule has 74 valence electrons. The molecule has 2 nitrogen and oxygen atoms in total. The van der Waals surface area contributed by atoms with E-state index in [2.05, 4.69) is 0 Å². The minimum Gasteiger partial charge on any atom is -0.493 e. The lowest BCUT2D eigenvalue weighted by Crippen LogP contribution is -2.00. The summed E-state index contributed by atoms with van der Waals surface area (Å²) in [6.07, 6.45) is 0. The third-order valence-electron chi connectivity index (χ3n) is 1.94. The summed E-state index contributed by atoms with van der Waals surface area (Å²) in [6, 6.07) is 4.27. The Hall–Kier alpha value is -1.63. The first-order valence-electron chi connectivity index (χ1n) is 4.03. The van der Waals surface area contributed by atoms with Crippen molar-refractivity contribution in [1.82, 2.24) is 0 Å². The predicted octanol–water partition coefficient (Wildman–Crippen LogP) is 2.60. The van der Waals surface area contributed by atoms with Gasteiger partial charge >= 0.3 is 0 Å². The molecule has 0 saturated carbocycles. The topological polar surface area (TPSA) is 33.0 Å². The van der Waals surface area contributed by atoms with E-state index in [0.29, 0.717) is 5.56 Å². The van der Waals surface area contributed by atoms with E-state index in [4.69, 9.17) is 10.00 Å². The van der Waals surface area contributed by atoms with E-state index in [0.717, 1.165) is 6.07 Å². The van der Waals surface area contributed by atoms with Crippen molar-refractivity contribution in [2.45, 2.75) is 12.8 Å². The summed E-state index contributed by atoms with van der Waals surface area (Å²) >= 11 is 0. The molecule has 1 atom stereocenters. The molecule has 0 aliphatic heterocycles. The molecule has 0 saturated heterocycles. The number of hydrogen-bond donors (Lipinski definition) is 0. The van der Waals surface area contributed by atoms with Crippen LogP contribution in [-0.4, -0.2) is 7.11 Å². The van der Waals surface area contributed by atoms with Gasteiger partial charge in [0.1, 0.15) is 0 Å². The van der Waals surface area contributed by atoms with Crippen LogP contribution in [0.2, 0.25) is 0 Å². The van der Waals surface area contributed by atoms with E-state index >= 15 is 0 Å². The molecule has 14 heavy (non-hydrogen) atoms. The predicted molar refractivity (Wildman–Crippen MR) is 46.9 cm³/mol. The van der Waals surface area contributed by atoms with Crippen molar-refractivity contribution in [3.05, 3.63) is 29.3 Å². The van der Waals surface area contributed by atoms with Crippen LogP contribution in [0.4, 0.5) is 8.78 Å². The minimum absolute atomic E-state index is 0.195. The number of benzene rings is 1. The van der Waals surface area contributed by atoms with Crippen LogP contribution in [0.15, 0.2) is 12.1 Å². The van der Waals surface area contributed by atoms with Gasteiger partial charge in [0.15, 0.2) is 11.6 Å². The van der Waals surface area contributed by atoms with Crippen LogP contribution in [-0.2, 0) is 0 Å². The van der Waals surface area contributed by atoms with E-state index in [1.807, 2.05) is 6.07 Å². The van der Waals surface area contributed by atoms with E-state index in [9.17, 15) is 8.78 Å². The van der Waals surface area contributed by atoms with Crippen LogP contribution in [0, 0.1) is 23.0 Å². The molecule has 1 aromatic rings. The SMILES string of the molecule is COc1c(C(C)C#N)ccc(F)c1F. The zero-order valence-electron chi connectivity index (χ0n) is 7.84.